The summed E-state index contributed by atoms with van der Waals surface area (Å²) >= 11 is 5.77. The van der Waals surface area contributed by atoms with Crippen molar-refractivity contribution in [3.8, 4) is 0 Å². The fourth-order valence-corrected chi connectivity index (χ4v) is 3.39. The van der Waals surface area contributed by atoms with E-state index >= 15 is 0 Å². The van der Waals surface area contributed by atoms with Crippen molar-refractivity contribution in [1.29, 1.82) is 0 Å². The average molecular weight is 389 g/mol. The van der Waals surface area contributed by atoms with Crippen molar-refractivity contribution < 1.29 is 0 Å². The molecule has 0 amide bonds. The van der Waals surface area contributed by atoms with E-state index in [0.29, 0.717) is 0 Å². The Morgan fingerprint density at radius 1 is 0.750 bits per heavy atom. The van der Waals surface area contributed by atoms with Gasteiger partial charge >= 0.3 is 0 Å². The topological polar surface area (TPSA) is 15.3 Å². The van der Waals surface area contributed by atoms with Crippen molar-refractivity contribution in [1.82, 2.24) is 4.90 Å². The van der Waals surface area contributed by atoms with Gasteiger partial charge < -0.3 is 10.2 Å². The predicted octanol–water partition coefficient (Wildman–Crippen LogP) is 6.43. The van der Waals surface area contributed by atoms with Gasteiger partial charge in [-0.05, 0) is 53.9 Å². The second kappa shape index (κ2) is 10.6. The van der Waals surface area contributed by atoms with E-state index < -0.39 is 0 Å². The summed E-state index contributed by atoms with van der Waals surface area (Å²) < 4.78 is 0. The molecule has 3 aromatic carbocycles. The summed E-state index contributed by atoms with van der Waals surface area (Å²) in [6.45, 7) is 3.77. The number of hydrogen-bond acceptors (Lipinski definition) is 1. The maximum absolute atomic E-state index is 5.77. The zero-order chi connectivity index (χ0) is 19.6. The quantitative estimate of drug-likeness (QED) is 0.448. The number of nitrogens with zero attached hydrogens (tertiary/aromatic N) is 1. The lowest BCUT2D eigenvalue weighted by Gasteiger charge is -2.26. The number of benzene rings is 3. The van der Waals surface area contributed by atoms with Crippen LogP contribution in [0.5, 0.6) is 0 Å². The molecule has 2 nitrogen and oxygen atoms in total. The Morgan fingerprint density at radius 2 is 1.29 bits per heavy atom. The molecule has 3 rings (SSSR count). The fourth-order valence-electron chi connectivity index (χ4n) is 3.15. The third-order valence-electron chi connectivity index (χ3n) is 4.74. The SMILES string of the molecule is CCCCc1ccc(NC(=S)N(Cc2ccccc2)Cc2ccccc2)cc1. The summed E-state index contributed by atoms with van der Waals surface area (Å²) in [5, 5.41) is 4.17. The van der Waals surface area contributed by atoms with E-state index in [1.807, 2.05) is 12.1 Å². The molecule has 3 aromatic rings. The predicted molar refractivity (Wildman–Crippen MR) is 123 cm³/mol. The molecule has 0 aliphatic rings. The number of hydrogen-bond donors (Lipinski definition) is 1. The van der Waals surface area contributed by atoms with E-state index in [-0.39, 0.29) is 0 Å². The molecule has 1 N–H and O–H groups in total. The molecule has 0 spiro atoms. The summed E-state index contributed by atoms with van der Waals surface area (Å²) in [4.78, 5) is 2.21. The van der Waals surface area contributed by atoms with Crippen molar-refractivity contribution in [2.75, 3.05) is 5.32 Å². The number of unbranched alkanes of at least 4 members (excludes halogenated alkanes) is 1. The monoisotopic (exact) mass is 388 g/mol. The Hall–Kier alpha value is -2.65. The van der Waals surface area contributed by atoms with Gasteiger partial charge in [-0.3, -0.25) is 0 Å². The lowest BCUT2D eigenvalue weighted by molar-refractivity contribution is 0.413. The molecule has 144 valence electrons. The van der Waals surface area contributed by atoms with Gasteiger partial charge in [-0.2, -0.15) is 0 Å². The first-order valence-electron chi connectivity index (χ1n) is 9.97. The summed E-state index contributed by atoms with van der Waals surface area (Å²) in [7, 11) is 0. The molecule has 0 fully saturated rings. The highest BCUT2D eigenvalue weighted by molar-refractivity contribution is 7.80. The molecule has 0 saturated carbocycles. The molecule has 3 heteroatoms. The largest absolute Gasteiger partial charge is 0.340 e. The maximum Gasteiger partial charge on any atom is 0.174 e. The van der Waals surface area contributed by atoms with Crippen LogP contribution in [0.2, 0.25) is 0 Å². The lowest BCUT2D eigenvalue weighted by Crippen LogP contribution is -2.33. The second-order valence-electron chi connectivity index (χ2n) is 7.06. The Kier molecular flexibility index (Phi) is 7.62. The van der Waals surface area contributed by atoms with Gasteiger partial charge in [-0.1, -0.05) is 86.1 Å². The van der Waals surface area contributed by atoms with Crippen LogP contribution in [-0.4, -0.2) is 10.0 Å². The summed E-state index contributed by atoms with van der Waals surface area (Å²) in [5.74, 6) is 0. The van der Waals surface area contributed by atoms with E-state index in [1.165, 1.54) is 29.5 Å². The lowest BCUT2D eigenvalue weighted by atomic mass is 10.1. The van der Waals surface area contributed by atoms with Crippen LogP contribution in [0.3, 0.4) is 0 Å². The zero-order valence-electron chi connectivity index (χ0n) is 16.5. The van der Waals surface area contributed by atoms with E-state index in [1.54, 1.807) is 0 Å². The number of aryl methyl sites for hydroxylation is 1. The van der Waals surface area contributed by atoms with Gasteiger partial charge in [0.25, 0.3) is 0 Å². The average Bonchev–Trinajstić information content (AvgIpc) is 2.74. The first kappa shape index (κ1) is 20.1. The van der Waals surface area contributed by atoms with Crippen LogP contribution >= 0.6 is 12.2 Å². The smallest absolute Gasteiger partial charge is 0.174 e. The standard InChI is InChI=1S/C25H28N2S/c1-2-3-10-21-15-17-24(18-16-21)26-25(28)27(19-22-11-6-4-7-12-22)20-23-13-8-5-9-14-23/h4-9,11-18H,2-3,10,19-20H2,1H3,(H,26,28). The highest BCUT2D eigenvalue weighted by Crippen LogP contribution is 2.15. The first-order chi connectivity index (χ1) is 13.7. The van der Waals surface area contributed by atoms with Crippen LogP contribution in [-0.2, 0) is 19.5 Å². The van der Waals surface area contributed by atoms with Crippen molar-refractivity contribution in [2.45, 2.75) is 39.3 Å². The summed E-state index contributed by atoms with van der Waals surface area (Å²) in [6, 6.07) is 29.6. The normalized spacial score (nSPS) is 10.5. The molecule has 0 bridgehead atoms. The molecule has 0 atom stereocenters. The second-order valence-corrected chi connectivity index (χ2v) is 7.44. The minimum atomic E-state index is 0.744. The fraction of sp³-hybridized carbons (Fsp3) is 0.240. The Bertz CT molecular complexity index is 803. The Morgan fingerprint density at radius 3 is 1.79 bits per heavy atom. The first-order valence-corrected chi connectivity index (χ1v) is 10.4. The van der Waals surface area contributed by atoms with Crippen molar-refractivity contribution >= 4 is 23.0 Å². The van der Waals surface area contributed by atoms with E-state index in [4.69, 9.17) is 12.2 Å². The van der Waals surface area contributed by atoms with Crippen LogP contribution < -0.4 is 5.32 Å². The molecular weight excluding hydrogens is 360 g/mol. The van der Waals surface area contributed by atoms with Gasteiger partial charge in [0, 0.05) is 18.8 Å². The molecule has 0 aliphatic heterocycles. The molecule has 0 unspecified atom stereocenters. The van der Waals surface area contributed by atoms with E-state index in [2.05, 4.69) is 89.9 Å². The van der Waals surface area contributed by atoms with Gasteiger partial charge in [0.1, 0.15) is 0 Å². The van der Waals surface area contributed by atoms with Crippen molar-refractivity contribution in [2.24, 2.45) is 0 Å². The molecule has 0 radical (unpaired) electrons. The van der Waals surface area contributed by atoms with Crippen LogP contribution in [0.15, 0.2) is 84.9 Å². The third kappa shape index (κ3) is 6.21. The minimum absolute atomic E-state index is 0.744. The number of thiocarbonyl (C=S) groups is 1. The molecule has 0 aliphatic carbocycles. The summed E-state index contributed by atoms with van der Waals surface area (Å²) in [6.07, 6.45) is 3.58. The van der Waals surface area contributed by atoms with Crippen molar-refractivity contribution in [3.05, 3.63) is 102 Å². The molecule has 28 heavy (non-hydrogen) atoms. The summed E-state index contributed by atoms with van der Waals surface area (Å²) in [5.41, 5.74) is 4.91. The molecule has 0 heterocycles. The number of rotatable bonds is 8. The third-order valence-corrected chi connectivity index (χ3v) is 5.10. The van der Waals surface area contributed by atoms with Crippen LogP contribution in [0.1, 0.15) is 36.5 Å². The highest BCUT2D eigenvalue weighted by atomic mass is 32.1. The van der Waals surface area contributed by atoms with E-state index in [9.17, 15) is 0 Å². The Labute approximate surface area is 174 Å². The van der Waals surface area contributed by atoms with Gasteiger partial charge in [-0.15, -0.1) is 0 Å². The van der Waals surface area contributed by atoms with Gasteiger partial charge in [0.15, 0.2) is 5.11 Å². The highest BCUT2D eigenvalue weighted by Gasteiger charge is 2.12. The number of anilines is 1. The van der Waals surface area contributed by atoms with Crippen LogP contribution in [0, 0.1) is 0 Å². The molecular formula is C25H28N2S. The number of nitrogens with one attached hydrogen (secondary N) is 1. The molecule has 0 aromatic heterocycles. The van der Waals surface area contributed by atoms with E-state index in [0.717, 1.165) is 30.3 Å². The zero-order valence-corrected chi connectivity index (χ0v) is 17.3. The van der Waals surface area contributed by atoms with Gasteiger partial charge in [0.2, 0.25) is 0 Å². The van der Waals surface area contributed by atoms with Crippen molar-refractivity contribution in [3.63, 3.8) is 0 Å². The van der Waals surface area contributed by atoms with Crippen LogP contribution in [0.4, 0.5) is 5.69 Å². The Balaban J connectivity index is 1.70. The maximum atomic E-state index is 5.77. The minimum Gasteiger partial charge on any atom is -0.340 e. The van der Waals surface area contributed by atoms with Gasteiger partial charge in [0.05, 0.1) is 0 Å². The molecule has 0 saturated heterocycles. The van der Waals surface area contributed by atoms with Crippen LogP contribution in [0.25, 0.3) is 0 Å². The van der Waals surface area contributed by atoms with Gasteiger partial charge in [-0.25, -0.2) is 0 Å².